The van der Waals surface area contributed by atoms with Crippen LogP contribution in [-0.4, -0.2) is 55.7 Å². The fraction of sp³-hybridized carbons (Fsp3) is 0.455. The van der Waals surface area contributed by atoms with E-state index in [9.17, 15) is 14.4 Å². The number of fused-ring (bicyclic) bond motifs is 1. The second-order valence-electron chi connectivity index (χ2n) is 8.45. The van der Waals surface area contributed by atoms with Crippen LogP contribution in [0.25, 0.3) is 11.2 Å². The molecule has 1 aromatic carbocycles. The second-order valence-corrected chi connectivity index (χ2v) is 8.45. The van der Waals surface area contributed by atoms with Gasteiger partial charge in [0.05, 0.1) is 6.54 Å². The topological polar surface area (TPSA) is 85.4 Å². The summed E-state index contributed by atoms with van der Waals surface area (Å²) in [7, 11) is 3.13. The smallest absolute Gasteiger partial charge is 0.332 e. The van der Waals surface area contributed by atoms with Gasteiger partial charge in [-0.25, -0.2) is 4.79 Å². The normalized spacial score (nSPS) is 16.8. The van der Waals surface area contributed by atoms with Crippen molar-refractivity contribution in [2.45, 2.75) is 19.4 Å². The number of rotatable bonds is 4. The molecule has 1 saturated carbocycles. The minimum atomic E-state index is -0.395. The number of aromatic nitrogens is 4. The third-order valence-electron chi connectivity index (χ3n) is 6.31. The second kappa shape index (κ2) is 7.40. The summed E-state index contributed by atoms with van der Waals surface area (Å²) >= 11 is 0. The fourth-order valence-electron chi connectivity index (χ4n) is 4.31. The SMILES string of the molecule is Cn1c(=O)c2c(nc(N3CCN(C(=O)C4CC4)CC3)n2Cc2ccccc2)n(C)c1=O. The lowest BCUT2D eigenvalue weighted by atomic mass is 10.2. The van der Waals surface area contributed by atoms with Gasteiger partial charge in [0.2, 0.25) is 11.9 Å². The highest BCUT2D eigenvalue weighted by atomic mass is 16.2. The van der Waals surface area contributed by atoms with Gasteiger partial charge in [-0.3, -0.25) is 23.3 Å². The lowest BCUT2D eigenvalue weighted by Gasteiger charge is -2.35. The van der Waals surface area contributed by atoms with Gasteiger partial charge in [0.25, 0.3) is 5.56 Å². The Morgan fingerprint density at radius 3 is 2.32 bits per heavy atom. The lowest BCUT2D eigenvalue weighted by molar-refractivity contribution is -0.132. The number of nitrogens with zero attached hydrogens (tertiary/aromatic N) is 6. The highest BCUT2D eigenvalue weighted by molar-refractivity contribution is 5.81. The number of carbonyl (C=O) groups is 1. The molecule has 9 nitrogen and oxygen atoms in total. The summed E-state index contributed by atoms with van der Waals surface area (Å²) in [5.41, 5.74) is 1.10. The van der Waals surface area contributed by atoms with Gasteiger partial charge in [-0.2, -0.15) is 4.98 Å². The summed E-state index contributed by atoms with van der Waals surface area (Å²) in [5.74, 6) is 1.14. The molecule has 5 rings (SSSR count). The van der Waals surface area contributed by atoms with Crippen LogP contribution in [0.4, 0.5) is 5.95 Å². The first-order chi connectivity index (χ1) is 15.0. The van der Waals surface area contributed by atoms with Crippen LogP contribution >= 0.6 is 0 Å². The lowest BCUT2D eigenvalue weighted by Crippen LogP contribution is -2.50. The molecule has 2 fully saturated rings. The standard InChI is InChI=1S/C22H26N6O3/c1-24-18-17(20(30)25(2)22(24)31)28(14-15-6-4-3-5-7-15)21(23-18)27-12-10-26(11-13-27)19(29)16-8-9-16/h3-7,16H,8-14H2,1-2H3. The van der Waals surface area contributed by atoms with Gasteiger partial charge in [0.15, 0.2) is 11.2 Å². The molecule has 0 bridgehead atoms. The molecule has 0 spiro atoms. The first-order valence-corrected chi connectivity index (χ1v) is 10.7. The number of hydrogen-bond donors (Lipinski definition) is 0. The van der Waals surface area contributed by atoms with Crippen molar-refractivity contribution in [3.8, 4) is 0 Å². The molecule has 1 saturated heterocycles. The molecule has 2 aromatic heterocycles. The highest BCUT2D eigenvalue weighted by Gasteiger charge is 2.35. The Morgan fingerprint density at radius 2 is 1.68 bits per heavy atom. The van der Waals surface area contributed by atoms with E-state index in [0.717, 1.165) is 23.0 Å². The van der Waals surface area contributed by atoms with Gasteiger partial charge < -0.3 is 9.80 Å². The molecular formula is C22H26N6O3. The molecule has 3 aromatic rings. The van der Waals surface area contributed by atoms with Gasteiger partial charge in [-0.05, 0) is 18.4 Å². The van der Waals surface area contributed by atoms with E-state index in [1.807, 2.05) is 39.8 Å². The molecule has 162 valence electrons. The number of piperazine rings is 1. The number of imidazole rings is 1. The van der Waals surface area contributed by atoms with Crippen molar-refractivity contribution in [2.24, 2.45) is 20.0 Å². The predicted octanol–water partition coefficient (Wildman–Crippen LogP) is 0.541. The van der Waals surface area contributed by atoms with E-state index in [-0.39, 0.29) is 17.4 Å². The Labute approximate surface area is 179 Å². The van der Waals surface area contributed by atoms with Crippen molar-refractivity contribution in [3.05, 3.63) is 56.7 Å². The van der Waals surface area contributed by atoms with Crippen LogP contribution in [-0.2, 0) is 25.4 Å². The first-order valence-electron chi connectivity index (χ1n) is 10.7. The summed E-state index contributed by atoms with van der Waals surface area (Å²) < 4.78 is 4.46. The number of benzene rings is 1. The number of aryl methyl sites for hydroxylation is 1. The third kappa shape index (κ3) is 3.34. The molecule has 1 aliphatic carbocycles. The molecule has 9 heteroatoms. The van der Waals surface area contributed by atoms with Crippen LogP contribution in [0.15, 0.2) is 39.9 Å². The Kier molecular flexibility index (Phi) is 4.68. The van der Waals surface area contributed by atoms with E-state index in [0.29, 0.717) is 49.8 Å². The van der Waals surface area contributed by atoms with E-state index in [2.05, 4.69) is 4.90 Å². The maximum absolute atomic E-state index is 13.0. The largest absolute Gasteiger partial charge is 0.339 e. The van der Waals surface area contributed by atoms with Crippen molar-refractivity contribution in [3.63, 3.8) is 0 Å². The molecule has 1 amide bonds. The van der Waals surface area contributed by atoms with Crippen LogP contribution < -0.4 is 16.1 Å². The first kappa shape index (κ1) is 19.6. The van der Waals surface area contributed by atoms with Gasteiger partial charge in [-0.15, -0.1) is 0 Å². The van der Waals surface area contributed by atoms with Crippen molar-refractivity contribution in [2.75, 3.05) is 31.1 Å². The Bertz CT molecular complexity index is 1260. The van der Waals surface area contributed by atoms with E-state index in [1.54, 1.807) is 7.05 Å². The minimum Gasteiger partial charge on any atom is -0.339 e. The van der Waals surface area contributed by atoms with Crippen molar-refractivity contribution in [1.82, 2.24) is 23.6 Å². The van der Waals surface area contributed by atoms with E-state index < -0.39 is 5.69 Å². The Balaban J connectivity index is 1.57. The van der Waals surface area contributed by atoms with Crippen LogP contribution in [0.5, 0.6) is 0 Å². The monoisotopic (exact) mass is 422 g/mol. The number of carbonyl (C=O) groups excluding carboxylic acids is 1. The maximum Gasteiger partial charge on any atom is 0.332 e. The van der Waals surface area contributed by atoms with E-state index in [4.69, 9.17) is 4.98 Å². The Hall–Kier alpha value is -3.36. The van der Waals surface area contributed by atoms with Gasteiger partial charge in [0, 0.05) is 46.2 Å². The van der Waals surface area contributed by atoms with Gasteiger partial charge in [-0.1, -0.05) is 30.3 Å². The quantitative estimate of drug-likeness (QED) is 0.613. The summed E-state index contributed by atoms with van der Waals surface area (Å²) in [6.45, 7) is 3.04. The number of anilines is 1. The summed E-state index contributed by atoms with van der Waals surface area (Å²) in [5, 5.41) is 0. The third-order valence-corrected chi connectivity index (χ3v) is 6.31. The van der Waals surface area contributed by atoms with Gasteiger partial charge >= 0.3 is 5.69 Å². The van der Waals surface area contributed by atoms with Crippen LogP contribution in [0.2, 0.25) is 0 Å². The number of hydrogen-bond acceptors (Lipinski definition) is 5. The molecule has 0 atom stereocenters. The Morgan fingerprint density at radius 1 is 1.00 bits per heavy atom. The summed E-state index contributed by atoms with van der Waals surface area (Å²) in [4.78, 5) is 46.7. The minimum absolute atomic E-state index is 0.215. The van der Waals surface area contributed by atoms with E-state index >= 15 is 0 Å². The molecule has 0 unspecified atom stereocenters. The molecule has 3 heterocycles. The fourth-order valence-corrected chi connectivity index (χ4v) is 4.31. The van der Waals surface area contributed by atoms with E-state index in [1.165, 1.54) is 11.6 Å². The van der Waals surface area contributed by atoms with Crippen molar-refractivity contribution >= 4 is 23.0 Å². The van der Waals surface area contributed by atoms with Crippen molar-refractivity contribution in [1.29, 1.82) is 0 Å². The van der Waals surface area contributed by atoms with Crippen LogP contribution in [0, 0.1) is 5.92 Å². The molecular weight excluding hydrogens is 396 g/mol. The predicted molar refractivity (Wildman–Crippen MR) is 117 cm³/mol. The molecule has 0 N–H and O–H groups in total. The van der Waals surface area contributed by atoms with Gasteiger partial charge in [0.1, 0.15) is 0 Å². The summed E-state index contributed by atoms with van der Waals surface area (Å²) in [6.07, 6.45) is 2.01. The molecule has 1 aliphatic heterocycles. The average Bonchev–Trinajstić information content (AvgIpc) is 3.58. The zero-order chi connectivity index (χ0) is 21.7. The molecule has 31 heavy (non-hydrogen) atoms. The molecule has 2 aliphatic rings. The van der Waals surface area contributed by atoms with Crippen LogP contribution in [0.3, 0.4) is 0 Å². The zero-order valence-corrected chi connectivity index (χ0v) is 17.8. The van der Waals surface area contributed by atoms with Crippen LogP contribution in [0.1, 0.15) is 18.4 Å². The number of amides is 1. The summed E-state index contributed by atoms with van der Waals surface area (Å²) in [6, 6.07) is 9.90. The van der Waals surface area contributed by atoms with Crippen molar-refractivity contribution < 1.29 is 4.79 Å². The highest BCUT2D eigenvalue weighted by Crippen LogP contribution is 2.31. The molecule has 0 radical (unpaired) electrons. The average molecular weight is 422 g/mol. The maximum atomic E-state index is 13.0. The zero-order valence-electron chi connectivity index (χ0n) is 17.8.